The molecule has 1 fully saturated rings. The normalized spacial score (nSPS) is 14.9. The minimum atomic E-state index is -0.167. The maximum atomic E-state index is 13.1. The Morgan fingerprint density at radius 1 is 1.03 bits per heavy atom. The van der Waals surface area contributed by atoms with Crippen LogP contribution >= 0.6 is 39.9 Å². The predicted octanol–water partition coefficient (Wildman–Crippen LogP) is 6.44. The molecule has 4 nitrogen and oxygen atoms in total. The van der Waals surface area contributed by atoms with Crippen LogP contribution in [0.2, 0.25) is 0 Å². The molecule has 1 aliphatic heterocycles. The maximum Gasteiger partial charge on any atom is 0.270 e. The van der Waals surface area contributed by atoms with Crippen LogP contribution in [-0.2, 0) is 11.4 Å². The lowest BCUT2D eigenvalue weighted by atomic mass is 10.2. The summed E-state index contributed by atoms with van der Waals surface area (Å²) >= 11 is 10.3. The Morgan fingerprint density at radius 3 is 2.52 bits per heavy atom. The molecule has 1 aliphatic rings. The summed E-state index contributed by atoms with van der Waals surface area (Å²) < 4.78 is 12.6. The number of carbonyl (C=O) groups is 1. The standard InChI is InChI=1S/C24H18BrNO3S2/c1-28-21-10-6-5-9-19(21)26-23(27)22(31-24(26)30)14-17-11-12-20(18(25)13-17)29-15-16-7-3-2-4-8-16/h2-14H,15H2,1H3/b22-14+. The first-order valence-electron chi connectivity index (χ1n) is 9.44. The number of hydrogen-bond acceptors (Lipinski definition) is 5. The molecular weight excluding hydrogens is 494 g/mol. The fraction of sp³-hybridized carbons (Fsp3) is 0.0833. The molecule has 0 aliphatic carbocycles. The van der Waals surface area contributed by atoms with Crippen molar-refractivity contribution < 1.29 is 14.3 Å². The summed E-state index contributed by atoms with van der Waals surface area (Å²) in [5.74, 6) is 1.17. The number of anilines is 1. The van der Waals surface area contributed by atoms with Crippen LogP contribution in [-0.4, -0.2) is 17.3 Å². The van der Waals surface area contributed by atoms with E-state index in [0.29, 0.717) is 27.3 Å². The van der Waals surface area contributed by atoms with E-state index in [1.807, 2.05) is 78.9 Å². The Balaban J connectivity index is 1.53. The molecule has 0 aromatic heterocycles. The highest BCUT2D eigenvalue weighted by Crippen LogP contribution is 2.40. The molecule has 0 N–H and O–H groups in total. The summed E-state index contributed by atoms with van der Waals surface area (Å²) in [5, 5.41) is 0. The topological polar surface area (TPSA) is 38.8 Å². The van der Waals surface area contributed by atoms with Crippen LogP contribution in [0.15, 0.2) is 82.2 Å². The van der Waals surface area contributed by atoms with E-state index in [4.69, 9.17) is 21.7 Å². The van der Waals surface area contributed by atoms with E-state index >= 15 is 0 Å². The average Bonchev–Trinajstić information content (AvgIpc) is 3.06. The molecule has 1 heterocycles. The summed E-state index contributed by atoms with van der Waals surface area (Å²) in [6.45, 7) is 0.482. The van der Waals surface area contributed by atoms with Crippen molar-refractivity contribution >= 4 is 61.9 Å². The lowest BCUT2D eigenvalue weighted by Crippen LogP contribution is -2.27. The number of thioether (sulfide) groups is 1. The number of para-hydroxylation sites is 2. The smallest absolute Gasteiger partial charge is 0.270 e. The Kier molecular flexibility index (Phi) is 6.75. The Morgan fingerprint density at radius 2 is 1.77 bits per heavy atom. The SMILES string of the molecule is COc1ccccc1N1C(=O)/C(=C\c2ccc(OCc3ccccc3)c(Br)c2)SC1=S. The van der Waals surface area contributed by atoms with Gasteiger partial charge >= 0.3 is 0 Å². The molecule has 3 aromatic carbocycles. The van der Waals surface area contributed by atoms with Crippen LogP contribution in [0.1, 0.15) is 11.1 Å². The van der Waals surface area contributed by atoms with Crippen LogP contribution in [0, 0.1) is 0 Å². The van der Waals surface area contributed by atoms with Gasteiger partial charge in [0.25, 0.3) is 5.91 Å². The molecule has 156 valence electrons. The van der Waals surface area contributed by atoms with Crippen molar-refractivity contribution in [3.8, 4) is 11.5 Å². The minimum absolute atomic E-state index is 0.167. The zero-order valence-corrected chi connectivity index (χ0v) is 19.8. The average molecular weight is 512 g/mol. The number of rotatable bonds is 6. The zero-order valence-electron chi connectivity index (χ0n) is 16.6. The van der Waals surface area contributed by atoms with E-state index in [0.717, 1.165) is 21.3 Å². The number of amides is 1. The minimum Gasteiger partial charge on any atom is -0.495 e. The van der Waals surface area contributed by atoms with Crippen molar-refractivity contribution in [1.82, 2.24) is 0 Å². The van der Waals surface area contributed by atoms with Gasteiger partial charge in [-0.15, -0.1) is 0 Å². The van der Waals surface area contributed by atoms with Gasteiger partial charge in [-0.25, -0.2) is 0 Å². The molecule has 4 rings (SSSR count). The first-order valence-corrected chi connectivity index (χ1v) is 11.5. The van der Waals surface area contributed by atoms with E-state index in [1.54, 1.807) is 7.11 Å². The number of nitrogens with zero attached hydrogens (tertiary/aromatic N) is 1. The molecule has 31 heavy (non-hydrogen) atoms. The van der Waals surface area contributed by atoms with Gasteiger partial charge in [0.15, 0.2) is 4.32 Å². The second-order valence-electron chi connectivity index (χ2n) is 6.65. The van der Waals surface area contributed by atoms with Crippen LogP contribution in [0.3, 0.4) is 0 Å². The van der Waals surface area contributed by atoms with E-state index < -0.39 is 0 Å². The van der Waals surface area contributed by atoms with Crippen LogP contribution in [0.25, 0.3) is 6.08 Å². The lowest BCUT2D eigenvalue weighted by Gasteiger charge is -2.17. The van der Waals surface area contributed by atoms with E-state index in [1.165, 1.54) is 16.7 Å². The molecule has 0 spiro atoms. The number of carbonyl (C=O) groups excluding carboxylic acids is 1. The molecule has 1 saturated heterocycles. The highest BCUT2D eigenvalue weighted by atomic mass is 79.9. The Hall–Kier alpha value is -2.61. The molecule has 0 radical (unpaired) electrons. The summed E-state index contributed by atoms with van der Waals surface area (Å²) in [6, 6.07) is 23.1. The maximum absolute atomic E-state index is 13.1. The Labute approximate surface area is 199 Å². The van der Waals surface area contributed by atoms with Gasteiger partial charge in [0.1, 0.15) is 18.1 Å². The number of thiocarbonyl (C=S) groups is 1. The van der Waals surface area contributed by atoms with Gasteiger partial charge < -0.3 is 9.47 Å². The van der Waals surface area contributed by atoms with Crippen molar-refractivity contribution in [3.05, 3.63) is 93.3 Å². The van der Waals surface area contributed by atoms with Crippen LogP contribution < -0.4 is 14.4 Å². The summed E-state index contributed by atoms with van der Waals surface area (Å²) in [5.41, 5.74) is 2.61. The summed E-state index contributed by atoms with van der Waals surface area (Å²) in [4.78, 5) is 15.1. The number of hydrogen-bond donors (Lipinski definition) is 0. The molecule has 3 aromatic rings. The van der Waals surface area contributed by atoms with E-state index in [9.17, 15) is 4.79 Å². The lowest BCUT2D eigenvalue weighted by molar-refractivity contribution is -0.113. The van der Waals surface area contributed by atoms with Crippen molar-refractivity contribution in [2.45, 2.75) is 6.61 Å². The van der Waals surface area contributed by atoms with Gasteiger partial charge in [-0.1, -0.05) is 72.5 Å². The van der Waals surface area contributed by atoms with Gasteiger partial charge in [0, 0.05) is 0 Å². The molecule has 7 heteroatoms. The van der Waals surface area contributed by atoms with Gasteiger partial charge in [-0.3, -0.25) is 9.69 Å². The van der Waals surface area contributed by atoms with Crippen LogP contribution in [0.4, 0.5) is 5.69 Å². The molecular formula is C24H18BrNO3S2. The zero-order chi connectivity index (χ0) is 21.8. The first kappa shape index (κ1) is 21.6. The third-order valence-electron chi connectivity index (χ3n) is 4.61. The highest BCUT2D eigenvalue weighted by molar-refractivity contribution is 9.10. The number of methoxy groups -OCH3 is 1. The Bertz CT molecular complexity index is 1160. The van der Waals surface area contributed by atoms with Crippen LogP contribution in [0.5, 0.6) is 11.5 Å². The predicted molar refractivity (Wildman–Crippen MR) is 134 cm³/mol. The van der Waals surface area contributed by atoms with Gasteiger partial charge in [-0.2, -0.15) is 0 Å². The number of ether oxygens (including phenoxy) is 2. The molecule has 1 amide bonds. The monoisotopic (exact) mass is 511 g/mol. The second kappa shape index (κ2) is 9.68. The molecule has 0 bridgehead atoms. The highest BCUT2D eigenvalue weighted by Gasteiger charge is 2.34. The third kappa shape index (κ3) is 4.84. The van der Waals surface area contributed by atoms with E-state index in [-0.39, 0.29) is 5.91 Å². The second-order valence-corrected chi connectivity index (χ2v) is 9.18. The fourth-order valence-corrected chi connectivity index (χ4v) is 4.90. The quantitative estimate of drug-likeness (QED) is 0.281. The molecule has 0 unspecified atom stereocenters. The van der Waals surface area contributed by atoms with Crippen molar-refractivity contribution in [2.24, 2.45) is 0 Å². The third-order valence-corrected chi connectivity index (χ3v) is 6.53. The largest absolute Gasteiger partial charge is 0.495 e. The van der Waals surface area contributed by atoms with Gasteiger partial charge in [-0.05, 0) is 57.4 Å². The summed E-state index contributed by atoms with van der Waals surface area (Å²) in [7, 11) is 1.57. The van der Waals surface area contributed by atoms with Crippen molar-refractivity contribution in [2.75, 3.05) is 12.0 Å². The van der Waals surface area contributed by atoms with Gasteiger partial charge in [0.05, 0.1) is 22.2 Å². The van der Waals surface area contributed by atoms with E-state index in [2.05, 4.69) is 15.9 Å². The fourth-order valence-electron chi connectivity index (χ4n) is 3.10. The van der Waals surface area contributed by atoms with Crippen molar-refractivity contribution in [1.29, 1.82) is 0 Å². The molecule has 0 saturated carbocycles. The van der Waals surface area contributed by atoms with Crippen molar-refractivity contribution in [3.63, 3.8) is 0 Å². The summed E-state index contributed by atoms with van der Waals surface area (Å²) in [6.07, 6.45) is 1.83. The molecule has 0 atom stereocenters. The first-order chi connectivity index (χ1) is 15.1. The number of benzene rings is 3. The number of halogens is 1. The van der Waals surface area contributed by atoms with Gasteiger partial charge in [0.2, 0.25) is 0 Å².